The van der Waals surface area contributed by atoms with Crippen LogP contribution in [0, 0.1) is 5.82 Å². The van der Waals surface area contributed by atoms with Crippen molar-refractivity contribution >= 4 is 29.2 Å². The monoisotopic (exact) mass is 460 g/mol. The molecule has 0 saturated carbocycles. The second-order valence-electron chi connectivity index (χ2n) is 7.32. The van der Waals surface area contributed by atoms with E-state index in [-0.39, 0.29) is 28.9 Å². The third-order valence-corrected chi connectivity index (χ3v) is 5.59. The van der Waals surface area contributed by atoms with Crippen LogP contribution in [-0.4, -0.2) is 37.3 Å². The number of amides is 2. The van der Waals surface area contributed by atoms with Gasteiger partial charge in [-0.05, 0) is 41.9 Å². The van der Waals surface area contributed by atoms with E-state index in [1.807, 2.05) is 0 Å². The highest BCUT2D eigenvalue weighted by atomic mass is 35.5. The molecule has 0 fully saturated rings. The van der Waals surface area contributed by atoms with E-state index in [0.717, 1.165) is 11.0 Å². The number of fused-ring (bicyclic) bond motifs is 1. The number of ketones is 1. The molecule has 0 atom stereocenters. The Morgan fingerprint density at radius 3 is 2.18 bits per heavy atom. The maximum Gasteiger partial charge on any atom is 0.261 e. The van der Waals surface area contributed by atoms with Crippen molar-refractivity contribution in [3.8, 4) is 5.69 Å². The lowest BCUT2D eigenvalue weighted by molar-refractivity contribution is 0.0637. The van der Waals surface area contributed by atoms with Crippen molar-refractivity contribution in [1.29, 1.82) is 0 Å². The molecule has 1 aliphatic heterocycles. The van der Waals surface area contributed by atoms with E-state index in [0.29, 0.717) is 16.7 Å². The maximum absolute atomic E-state index is 14.1. The topological polar surface area (TPSA) is 85.2 Å². The summed E-state index contributed by atoms with van der Waals surface area (Å²) in [5.74, 6) is -1.84. The molecule has 0 radical (unpaired) electrons. The van der Waals surface area contributed by atoms with Crippen molar-refractivity contribution < 1.29 is 18.8 Å². The SMILES string of the molecule is O=C(c1ccccc1)c1cc(F)ccc1-n1c(Cl)nnc1CN1C(=O)c2ccccc2C1=O. The number of nitrogens with zero attached hydrogens (tertiary/aromatic N) is 4. The molecule has 0 spiro atoms. The second-order valence-corrected chi connectivity index (χ2v) is 7.66. The highest BCUT2D eigenvalue weighted by Gasteiger charge is 2.36. The van der Waals surface area contributed by atoms with Gasteiger partial charge in [0.25, 0.3) is 11.8 Å². The number of hydrogen-bond donors (Lipinski definition) is 0. The molecule has 33 heavy (non-hydrogen) atoms. The summed E-state index contributed by atoms with van der Waals surface area (Å²) in [7, 11) is 0. The quantitative estimate of drug-likeness (QED) is 0.331. The molecule has 0 saturated heterocycles. The first kappa shape index (κ1) is 20.7. The van der Waals surface area contributed by atoms with E-state index in [9.17, 15) is 18.8 Å². The number of halogens is 2. The lowest BCUT2D eigenvalue weighted by Gasteiger charge is -2.16. The number of benzene rings is 3. The molecular weight excluding hydrogens is 447 g/mol. The van der Waals surface area contributed by atoms with Crippen molar-refractivity contribution in [1.82, 2.24) is 19.7 Å². The van der Waals surface area contributed by atoms with Gasteiger partial charge >= 0.3 is 0 Å². The first-order valence-electron chi connectivity index (χ1n) is 9.90. The maximum atomic E-state index is 14.1. The summed E-state index contributed by atoms with van der Waals surface area (Å²) in [5, 5.41) is 7.77. The zero-order chi connectivity index (χ0) is 23.1. The Morgan fingerprint density at radius 1 is 0.879 bits per heavy atom. The Bertz CT molecular complexity index is 1400. The van der Waals surface area contributed by atoms with Crippen molar-refractivity contribution in [3.05, 3.63) is 112 Å². The van der Waals surface area contributed by atoms with E-state index in [1.54, 1.807) is 54.6 Å². The zero-order valence-electron chi connectivity index (χ0n) is 16.9. The van der Waals surface area contributed by atoms with Gasteiger partial charge in [-0.2, -0.15) is 0 Å². The zero-order valence-corrected chi connectivity index (χ0v) is 17.7. The van der Waals surface area contributed by atoms with Crippen LogP contribution in [0.2, 0.25) is 5.28 Å². The number of aromatic nitrogens is 3. The van der Waals surface area contributed by atoms with Crippen LogP contribution < -0.4 is 0 Å². The average Bonchev–Trinajstić information content (AvgIpc) is 3.32. The lowest BCUT2D eigenvalue weighted by atomic mass is 10.0. The smallest absolute Gasteiger partial charge is 0.261 e. The minimum absolute atomic E-state index is 0.0338. The second kappa shape index (κ2) is 8.07. The minimum atomic E-state index is -0.607. The normalized spacial score (nSPS) is 12.8. The summed E-state index contributed by atoms with van der Waals surface area (Å²) < 4.78 is 15.5. The van der Waals surface area contributed by atoms with E-state index >= 15 is 0 Å². The Hall–Kier alpha value is -4.17. The van der Waals surface area contributed by atoms with Crippen molar-refractivity contribution in [3.63, 3.8) is 0 Å². The molecule has 0 bridgehead atoms. The summed E-state index contributed by atoms with van der Waals surface area (Å²) in [5.41, 5.74) is 1.21. The fraction of sp³-hybridized carbons (Fsp3) is 0.0417. The molecule has 2 heterocycles. The summed E-state index contributed by atoms with van der Waals surface area (Å²) >= 11 is 6.29. The van der Waals surface area contributed by atoms with E-state index in [1.165, 1.54) is 16.7 Å². The van der Waals surface area contributed by atoms with Crippen LogP contribution >= 0.6 is 11.6 Å². The molecule has 162 valence electrons. The molecule has 3 aromatic carbocycles. The summed E-state index contributed by atoms with van der Waals surface area (Å²) in [6, 6.07) is 18.6. The Balaban J connectivity index is 1.57. The van der Waals surface area contributed by atoms with Crippen LogP contribution in [0.25, 0.3) is 5.69 Å². The standard InChI is InChI=1S/C24H14ClFN4O3/c25-24-28-27-20(13-29-22(32)16-8-4-5-9-17(16)23(29)33)30(24)19-11-10-15(26)12-18(19)21(31)14-6-2-1-3-7-14/h1-12H,13H2. The van der Waals surface area contributed by atoms with Gasteiger partial charge in [0.15, 0.2) is 11.6 Å². The number of carbonyl (C=O) groups excluding carboxylic acids is 3. The minimum Gasteiger partial charge on any atom is -0.289 e. The fourth-order valence-corrected chi connectivity index (χ4v) is 4.02. The summed E-state index contributed by atoms with van der Waals surface area (Å²) in [6.07, 6.45) is 0. The van der Waals surface area contributed by atoms with E-state index in [2.05, 4.69) is 10.2 Å². The molecule has 0 unspecified atom stereocenters. The molecule has 7 nitrogen and oxygen atoms in total. The van der Waals surface area contributed by atoms with Crippen LogP contribution in [-0.2, 0) is 6.54 Å². The Labute approximate surface area is 192 Å². The lowest BCUT2D eigenvalue weighted by Crippen LogP contribution is -2.30. The third-order valence-electron chi connectivity index (χ3n) is 5.35. The van der Waals surface area contributed by atoms with Crippen LogP contribution in [0.3, 0.4) is 0 Å². The number of imide groups is 1. The predicted octanol–water partition coefficient (Wildman–Crippen LogP) is 4.09. The first-order chi connectivity index (χ1) is 16.0. The van der Waals surface area contributed by atoms with Gasteiger partial charge < -0.3 is 0 Å². The summed E-state index contributed by atoms with van der Waals surface area (Å²) in [6.45, 7) is -0.234. The molecule has 0 aliphatic carbocycles. The fourth-order valence-electron chi connectivity index (χ4n) is 3.79. The highest BCUT2D eigenvalue weighted by Crippen LogP contribution is 2.28. The molecule has 2 amide bonds. The number of hydrogen-bond acceptors (Lipinski definition) is 5. The van der Waals surface area contributed by atoms with Gasteiger partial charge in [0.1, 0.15) is 5.82 Å². The number of rotatable bonds is 5. The first-order valence-corrected chi connectivity index (χ1v) is 10.3. The van der Waals surface area contributed by atoms with E-state index < -0.39 is 23.4 Å². The number of carbonyl (C=O) groups is 3. The average molecular weight is 461 g/mol. The molecule has 5 rings (SSSR count). The van der Waals surface area contributed by atoms with Crippen LogP contribution in [0.15, 0.2) is 72.8 Å². The molecule has 9 heteroatoms. The molecule has 1 aliphatic rings. The molecular formula is C24H14ClFN4O3. The highest BCUT2D eigenvalue weighted by molar-refractivity contribution is 6.28. The van der Waals surface area contributed by atoms with Crippen molar-refractivity contribution in [2.45, 2.75) is 6.54 Å². The largest absolute Gasteiger partial charge is 0.289 e. The third kappa shape index (κ3) is 3.50. The van der Waals surface area contributed by atoms with Gasteiger partial charge in [-0.25, -0.2) is 4.39 Å². The van der Waals surface area contributed by atoms with Gasteiger partial charge in [0, 0.05) is 11.1 Å². The van der Waals surface area contributed by atoms with Gasteiger partial charge in [0.05, 0.1) is 23.4 Å². The van der Waals surface area contributed by atoms with Crippen LogP contribution in [0.4, 0.5) is 4.39 Å². The predicted molar refractivity (Wildman–Crippen MR) is 117 cm³/mol. The molecule has 1 aromatic heterocycles. The molecule has 0 N–H and O–H groups in total. The van der Waals surface area contributed by atoms with Crippen LogP contribution in [0.5, 0.6) is 0 Å². The van der Waals surface area contributed by atoms with Gasteiger partial charge in [0.2, 0.25) is 5.28 Å². The van der Waals surface area contributed by atoms with E-state index in [4.69, 9.17) is 11.6 Å². The molecule has 4 aromatic rings. The summed E-state index contributed by atoms with van der Waals surface area (Å²) in [4.78, 5) is 39.7. The van der Waals surface area contributed by atoms with Gasteiger partial charge in [-0.1, -0.05) is 42.5 Å². The van der Waals surface area contributed by atoms with Crippen molar-refractivity contribution in [2.75, 3.05) is 0 Å². The van der Waals surface area contributed by atoms with Crippen LogP contribution in [0.1, 0.15) is 42.5 Å². The van der Waals surface area contributed by atoms with Gasteiger partial charge in [-0.15, -0.1) is 10.2 Å². The van der Waals surface area contributed by atoms with Gasteiger partial charge in [-0.3, -0.25) is 23.9 Å². The Kier molecular flexibility index (Phi) is 5.07. The Morgan fingerprint density at radius 2 is 1.52 bits per heavy atom. The van der Waals surface area contributed by atoms with Crippen molar-refractivity contribution in [2.24, 2.45) is 0 Å².